The summed E-state index contributed by atoms with van der Waals surface area (Å²) < 4.78 is 0. The second-order valence-corrected chi connectivity index (χ2v) is 4.81. The van der Waals surface area contributed by atoms with Crippen LogP contribution in [0.25, 0.3) is 11.3 Å². The maximum absolute atomic E-state index is 11.7. The number of aromatic amines is 1. The molecule has 0 radical (unpaired) electrons. The maximum atomic E-state index is 11.7. The summed E-state index contributed by atoms with van der Waals surface area (Å²) in [6.07, 6.45) is 1.52. The Morgan fingerprint density at radius 1 is 1.09 bits per heavy atom. The lowest BCUT2D eigenvalue weighted by molar-refractivity contribution is 0.475. The summed E-state index contributed by atoms with van der Waals surface area (Å²) in [6.45, 7) is 0. The minimum Gasteiger partial charge on any atom is -0.508 e. The van der Waals surface area contributed by atoms with Crippen LogP contribution in [-0.2, 0) is 0 Å². The lowest BCUT2D eigenvalue weighted by Crippen LogP contribution is -2.10. The maximum Gasteiger partial charge on any atom is 0.252 e. The fourth-order valence-corrected chi connectivity index (χ4v) is 2.04. The molecule has 0 fully saturated rings. The Bertz CT molecular complexity index is 888. The minimum atomic E-state index is -0.270. The molecule has 0 saturated carbocycles. The van der Waals surface area contributed by atoms with Gasteiger partial charge in [-0.2, -0.15) is 5.10 Å². The molecular formula is C17H14N4O2. The van der Waals surface area contributed by atoms with Gasteiger partial charge in [0.1, 0.15) is 5.75 Å². The number of phenolic OH excluding ortho intramolecular Hbond substituents is 1. The van der Waals surface area contributed by atoms with Crippen molar-refractivity contribution in [3.05, 3.63) is 76.6 Å². The highest BCUT2D eigenvalue weighted by atomic mass is 16.3. The molecule has 23 heavy (non-hydrogen) atoms. The van der Waals surface area contributed by atoms with E-state index in [1.54, 1.807) is 24.3 Å². The van der Waals surface area contributed by atoms with E-state index in [0.717, 1.165) is 11.1 Å². The highest BCUT2D eigenvalue weighted by Crippen LogP contribution is 2.15. The molecule has 0 spiro atoms. The van der Waals surface area contributed by atoms with Crippen LogP contribution in [-0.4, -0.2) is 21.3 Å². The summed E-state index contributed by atoms with van der Waals surface area (Å²) in [5.41, 5.74) is 4.54. The van der Waals surface area contributed by atoms with Gasteiger partial charge in [0.2, 0.25) is 5.95 Å². The number of phenols is 1. The number of hydrogen-bond donors (Lipinski definition) is 3. The third kappa shape index (κ3) is 3.82. The zero-order valence-corrected chi connectivity index (χ0v) is 12.1. The Kier molecular flexibility index (Phi) is 4.15. The largest absolute Gasteiger partial charge is 0.508 e. The average Bonchev–Trinajstić information content (AvgIpc) is 2.55. The molecule has 0 bridgehead atoms. The number of anilines is 1. The van der Waals surface area contributed by atoms with Crippen LogP contribution in [0.1, 0.15) is 5.56 Å². The Morgan fingerprint density at radius 2 is 1.91 bits per heavy atom. The van der Waals surface area contributed by atoms with Crippen molar-refractivity contribution in [2.24, 2.45) is 5.10 Å². The Balaban J connectivity index is 1.81. The van der Waals surface area contributed by atoms with E-state index in [1.807, 2.05) is 30.3 Å². The third-order valence-corrected chi connectivity index (χ3v) is 3.07. The summed E-state index contributed by atoms with van der Waals surface area (Å²) in [5, 5.41) is 13.4. The van der Waals surface area contributed by atoms with E-state index in [2.05, 4.69) is 20.5 Å². The van der Waals surface area contributed by atoms with Crippen molar-refractivity contribution in [1.29, 1.82) is 0 Å². The second kappa shape index (κ2) is 6.57. The Morgan fingerprint density at radius 3 is 2.70 bits per heavy atom. The number of nitrogens with zero attached hydrogens (tertiary/aromatic N) is 2. The van der Waals surface area contributed by atoms with Gasteiger partial charge >= 0.3 is 0 Å². The van der Waals surface area contributed by atoms with Gasteiger partial charge in [0.15, 0.2) is 0 Å². The summed E-state index contributed by atoms with van der Waals surface area (Å²) in [4.78, 5) is 18.6. The van der Waals surface area contributed by atoms with Crippen molar-refractivity contribution >= 4 is 12.2 Å². The first-order valence-corrected chi connectivity index (χ1v) is 6.95. The predicted octanol–water partition coefficient (Wildman–Crippen LogP) is 2.59. The molecule has 1 heterocycles. The summed E-state index contributed by atoms with van der Waals surface area (Å²) in [5.74, 6) is 0.402. The molecule has 0 atom stereocenters. The quantitative estimate of drug-likeness (QED) is 0.510. The van der Waals surface area contributed by atoms with Gasteiger partial charge in [-0.25, -0.2) is 10.4 Å². The Hall–Kier alpha value is -3.41. The molecule has 3 aromatic rings. The first-order chi connectivity index (χ1) is 11.2. The number of hydrazone groups is 1. The van der Waals surface area contributed by atoms with E-state index >= 15 is 0 Å². The first kappa shape index (κ1) is 14.5. The zero-order valence-electron chi connectivity index (χ0n) is 12.1. The molecule has 114 valence electrons. The average molecular weight is 306 g/mol. The fourth-order valence-electron chi connectivity index (χ4n) is 2.04. The van der Waals surface area contributed by atoms with Crippen LogP contribution in [0.3, 0.4) is 0 Å². The number of aromatic hydroxyl groups is 1. The standard InChI is InChI=1S/C17H14N4O2/c22-14-8-4-5-12(9-14)11-18-21-17-19-15(10-16(23)20-17)13-6-2-1-3-7-13/h1-11,22H,(H2,19,20,21,23)/b18-11+. The SMILES string of the molecule is O=c1cc(-c2ccccc2)nc(N/N=C/c2cccc(O)c2)[nH]1. The van der Waals surface area contributed by atoms with Crippen LogP contribution in [0.2, 0.25) is 0 Å². The lowest BCUT2D eigenvalue weighted by atomic mass is 10.1. The van der Waals surface area contributed by atoms with E-state index in [0.29, 0.717) is 5.69 Å². The van der Waals surface area contributed by atoms with Crippen molar-refractivity contribution in [1.82, 2.24) is 9.97 Å². The minimum absolute atomic E-state index is 0.159. The van der Waals surface area contributed by atoms with Crippen LogP contribution >= 0.6 is 0 Å². The van der Waals surface area contributed by atoms with Gasteiger partial charge in [-0.1, -0.05) is 42.5 Å². The van der Waals surface area contributed by atoms with Crippen LogP contribution in [0.5, 0.6) is 5.75 Å². The predicted molar refractivity (Wildman–Crippen MR) is 89.6 cm³/mol. The number of rotatable bonds is 4. The van der Waals surface area contributed by atoms with Gasteiger partial charge in [-0.15, -0.1) is 0 Å². The number of benzene rings is 2. The summed E-state index contributed by atoms with van der Waals surface area (Å²) >= 11 is 0. The highest BCUT2D eigenvalue weighted by molar-refractivity contribution is 5.80. The Labute approximate surface area is 132 Å². The van der Waals surface area contributed by atoms with Gasteiger partial charge in [0.05, 0.1) is 11.9 Å². The molecule has 3 rings (SSSR count). The first-order valence-electron chi connectivity index (χ1n) is 6.95. The topological polar surface area (TPSA) is 90.4 Å². The molecule has 0 aliphatic heterocycles. The fraction of sp³-hybridized carbons (Fsp3) is 0. The van der Waals surface area contributed by atoms with E-state index in [-0.39, 0.29) is 17.3 Å². The van der Waals surface area contributed by atoms with Gasteiger partial charge in [0.25, 0.3) is 5.56 Å². The molecular weight excluding hydrogens is 292 g/mol. The van der Waals surface area contributed by atoms with Crippen molar-refractivity contribution in [3.63, 3.8) is 0 Å². The number of aromatic nitrogens is 2. The smallest absolute Gasteiger partial charge is 0.252 e. The molecule has 0 aliphatic rings. The number of nitrogens with one attached hydrogen (secondary N) is 2. The normalized spacial score (nSPS) is 10.8. The van der Waals surface area contributed by atoms with E-state index < -0.39 is 0 Å². The third-order valence-electron chi connectivity index (χ3n) is 3.07. The molecule has 2 aromatic carbocycles. The van der Waals surface area contributed by atoms with E-state index in [9.17, 15) is 9.90 Å². The lowest BCUT2D eigenvalue weighted by Gasteiger charge is -2.03. The molecule has 6 nitrogen and oxygen atoms in total. The van der Waals surface area contributed by atoms with Crippen LogP contribution in [0.4, 0.5) is 5.95 Å². The van der Waals surface area contributed by atoms with Crippen LogP contribution in [0.15, 0.2) is 70.6 Å². The van der Waals surface area contributed by atoms with Crippen molar-refractivity contribution in [2.75, 3.05) is 5.43 Å². The van der Waals surface area contributed by atoms with Crippen molar-refractivity contribution in [3.8, 4) is 17.0 Å². The van der Waals surface area contributed by atoms with Crippen LogP contribution in [0, 0.1) is 0 Å². The molecule has 0 unspecified atom stereocenters. The zero-order chi connectivity index (χ0) is 16.1. The molecule has 0 saturated heterocycles. The molecule has 0 aliphatic carbocycles. The van der Waals surface area contributed by atoms with Crippen molar-refractivity contribution < 1.29 is 5.11 Å². The monoisotopic (exact) mass is 306 g/mol. The van der Waals surface area contributed by atoms with Gasteiger partial charge in [0, 0.05) is 11.6 Å². The van der Waals surface area contributed by atoms with Gasteiger partial charge in [-0.05, 0) is 17.7 Å². The van der Waals surface area contributed by atoms with Crippen LogP contribution < -0.4 is 11.0 Å². The molecule has 3 N–H and O–H groups in total. The summed E-state index contributed by atoms with van der Waals surface area (Å²) in [6, 6.07) is 17.5. The highest BCUT2D eigenvalue weighted by Gasteiger charge is 2.02. The molecule has 6 heteroatoms. The van der Waals surface area contributed by atoms with Crippen molar-refractivity contribution in [2.45, 2.75) is 0 Å². The van der Waals surface area contributed by atoms with Gasteiger partial charge < -0.3 is 5.11 Å². The van der Waals surface area contributed by atoms with E-state index in [1.165, 1.54) is 12.3 Å². The number of H-pyrrole nitrogens is 1. The molecule has 1 aromatic heterocycles. The van der Waals surface area contributed by atoms with Gasteiger partial charge in [-0.3, -0.25) is 9.78 Å². The van der Waals surface area contributed by atoms with E-state index in [4.69, 9.17) is 0 Å². The number of hydrogen-bond acceptors (Lipinski definition) is 5. The molecule has 0 amide bonds. The summed E-state index contributed by atoms with van der Waals surface area (Å²) in [7, 11) is 0. The second-order valence-electron chi connectivity index (χ2n) is 4.81.